The number of allylic oxidation sites excluding steroid dienone is 1. The number of hydrazone groups is 1. The summed E-state index contributed by atoms with van der Waals surface area (Å²) in [6, 6.07) is 0. The molecule has 10 heteroatoms. The maximum Gasteiger partial charge on any atom is 0.412 e. The smallest absolute Gasteiger partial charge is 0.363 e. The summed E-state index contributed by atoms with van der Waals surface area (Å²) in [6.07, 6.45) is 0.956. The van der Waals surface area contributed by atoms with E-state index in [-0.39, 0.29) is 13.0 Å². The van der Waals surface area contributed by atoms with Crippen molar-refractivity contribution in [2.45, 2.75) is 43.4 Å². The zero-order valence-electron chi connectivity index (χ0n) is 14.6. The molecule has 4 rings (SSSR count). The van der Waals surface area contributed by atoms with Crippen LogP contribution in [0.5, 0.6) is 0 Å². The molecule has 2 heterocycles. The van der Waals surface area contributed by atoms with Crippen molar-refractivity contribution in [2.75, 3.05) is 25.9 Å². The normalized spacial score (nSPS) is 31.1. The zero-order chi connectivity index (χ0) is 19.0. The first-order valence-corrected chi connectivity index (χ1v) is 10.4. The molecule has 2 fully saturated rings. The molecule has 0 aromatic heterocycles. The summed E-state index contributed by atoms with van der Waals surface area (Å²) in [6.45, 7) is 2.69. The maximum absolute atomic E-state index is 13.5. The fourth-order valence-corrected chi connectivity index (χ4v) is 5.07. The van der Waals surface area contributed by atoms with Crippen molar-refractivity contribution in [3.63, 3.8) is 0 Å². The molecule has 2 aliphatic heterocycles. The van der Waals surface area contributed by atoms with Gasteiger partial charge in [-0.15, -0.1) is 0 Å². The number of halogens is 3. The molecular weight excluding hydrogens is 369 g/mol. The number of alkyl halides is 3. The van der Waals surface area contributed by atoms with Crippen molar-refractivity contribution in [3.05, 3.63) is 22.9 Å². The van der Waals surface area contributed by atoms with Crippen LogP contribution in [0.3, 0.4) is 0 Å². The Bertz CT molecular complexity index is 842. The summed E-state index contributed by atoms with van der Waals surface area (Å²) in [4.78, 5) is 1.98. The fraction of sp³-hybridized carbons (Fsp3) is 0.688. The second-order valence-electron chi connectivity index (χ2n) is 7.82. The molecular formula is C16H21F3N4O2S. The molecule has 26 heavy (non-hydrogen) atoms. The predicted octanol–water partition coefficient (Wildman–Crippen LogP) is 1.59. The van der Waals surface area contributed by atoms with Gasteiger partial charge >= 0.3 is 6.18 Å². The van der Waals surface area contributed by atoms with Gasteiger partial charge in [0.05, 0.1) is 23.5 Å². The third-order valence-electron chi connectivity index (χ3n) is 5.80. The fourth-order valence-electron chi connectivity index (χ4n) is 4.18. The van der Waals surface area contributed by atoms with E-state index in [0.29, 0.717) is 18.8 Å². The Morgan fingerprint density at radius 1 is 1.27 bits per heavy atom. The van der Waals surface area contributed by atoms with Crippen molar-refractivity contribution in [2.24, 2.45) is 5.10 Å². The predicted molar refractivity (Wildman–Crippen MR) is 90.9 cm³/mol. The van der Waals surface area contributed by atoms with Crippen molar-refractivity contribution >= 4 is 16.2 Å². The first-order valence-electron chi connectivity index (χ1n) is 8.50. The first-order chi connectivity index (χ1) is 11.9. The molecule has 4 aliphatic rings. The van der Waals surface area contributed by atoms with Crippen LogP contribution in [0, 0.1) is 0 Å². The zero-order valence-corrected chi connectivity index (χ0v) is 15.4. The van der Waals surface area contributed by atoms with Gasteiger partial charge in [0.25, 0.3) is 0 Å². The number of rotatable bonds is 2. The van der Waals surface area contributed by atoms with Gasteiger partial charge in [-0.2, -0.15) is 22.6 Å². The third kappa shape index (κ3) is 2.74. The SMILES string of the molecule is CC12CC(C(F)(F)F)=CC(N3CCN(S(C)(=O)=O)CC34CC4)=C1C=NN2. The molecule has 1 spiro atoms. The Balaban J connectivity index is 1.75. The summed E-state index contributed by atoms with van der Waals surface area (Å²) in [5, 5.41) is 4.02. The van der Waals surface area contributed by atoms with Crippen LogP contribution < -0.4 is 5.43 Å². The van der Waals surface area contributed by atoms with E-state index in [1.165, 1.54) is 16.6 Å². The van der Waals surface area contributed by atoms with Gasteiger partial charge < -0.3 is 4.90 Å². The van der Waals surface area contributed by atoms with Gasteiger partial charge in [0, 0.05) is 42.9 Å². The van der Waals surface area contributed by atoms with Gasteiger partial charge in [-0.05, 0) is 25.8 Å². The number of nitrogens with one attached hydrogen (secondary N) is 1. The van der Waals surface area contributed by atoms with Gasteiger partial charge in [-0.3, -0.25) is 5.43 Å². The van der Waals surface area contributed by atoms with Gasteiger partial charge in [0.2, 0.25) is 10.0 Å². The quantitative estimate of drug-likeness (QED) is 0.778. The summed E-state index contributed by atoms with van der Waals surface area (Å²) < 4.78 is 65.7. The molecule has 0 aromatic carbocycles. The van der Waals surface area contributed by atoms with Crippen molar-refractivity contribution in [1.82, 2.24) is 14.6 Å². The van der Waals surface area contributed by atoms with E-state index in [1.807, 2.05) is 4.90 Å². The molecule has 1 atom stereocenters. The first kappa shape index (κ1) is 17.8. The van der Waals surface area contributed by atoms with E-state index < -0.39 is 32.9 Å². The Hall–Kier alpha value is -1.55. The molecule has 0 bridgehead atoms. The minimum Gasteiger partial charge on any atom is -0.363 e. The lowest BCUT2D eigenvalue weighted by Crippen LogP contribution is -2.56. The Morgan fingerprint density at radius 3 is 2.54 bits per heavy atom. The molecule has 144 valence electrons. The maximum atomic E-state index is 13.5. The molecule has 6 nitrogen and oxygen atoms in total. The van der Waals surface area contributed by atoms with Gasteiger partial charge in [0.1, 0.15) is 0 Å². The van der Waals surface area contributed by atoms with E-state index in [0.717, 1.165) is 18.4 Å². The molecule has 1 unspecified atom stereocenters. The summed E-state index contributed by atoms with van der Waals surface area (Å²) in [7, 11) is -3.32. The average molecular weight is 390 g/mol. The standard InChI is InChI=1S/C16H21F3N4O2S/c1-14-8-11(16(17,18)19)7-13(12(14)9-20-21-14)23-6-5-22(26(2,24)25)10-15(23)3-4-15/h7,9,21H,3-6,8,10H2,1-2H3. The highest BCUT2D eigenvalue weighted by Crippen LogP contribution is 2.50. The van der Waals surface area contributed by atoms with E-state index in [4.69, 9.17) is 0 Å². The van der Waals surface area contributed by atoms with Crippen molar-refractivity contribution in [3.8, 4) is 0 Å². The van der Waals surface area contributed by atoms with E-state index in [1.54, 1.807) is 13.1 Å². The molecule has 1 saturated heterocycles. The molecule has 2 aliphatic carbocycles. The highest BCUT2D eigenvalue weighted by atomic mass is 32.2. The highest BCUT2D eigenvalue weighted by molar-refractivity contribution is 7.88. The molecule has 0 radical (unpaired) electrons. The molecule has 0 amide bonds. The average Bonchev–Trinajstić information content (AvgIpc) is 3.14. The Labute approximate surface area is 150 Å². The molecule has 1 saturated carbocycles. The topological polar surface area (TPSA) is 65.0 Å². The number of piperazine rings is 1. The lowest BCUT2D eigenvalue weighted by molar-refractivity contribution is -0.0961. The highest BCUT2D eigenvalue weighted by Gasteiger charge is 2.55. The summed E-state index contributed by atoms with van der Waals surface area (Å²) >= 11 is 0. The lowest BCUT2D eigenvalue weighted by atomic mass is 9.80. The van der Waals surface area contributed by atoms with Crippen molar-refractivity contribution in [1.29, 1.82) is 0 Å². The minimum absolute atomic E-state index is 0.175. The van der Waals surface area contributed by atoms with Crippen LogP contribution in [0.25, 0.3) is 0 Å². The van der Waals surface area contributed by atoms with Crippen LogP contribution in [0.2, 0.25) is 0 Å². The summed E-state index contributed by atoms with van der Waals surface area (Å²) in [5.41, 5.74) is 2.20. The van der Waals surface area contributed by atoms with Crippen LogP contribution in [-0.2, 0) is 10.0 Å². The monoisotopic (exact) mass is 390 g/mol. The van der Waals surface area contributed by atoms with Gasteiger partial charge in [0.15, 0.2) is 0 Å². The molecule has 1 N–H and O–H groups in total. The number of hydrogen-bond donors (Lipinski definition) is 1. The van der Waals surface area contributed by atoms with E-state index >= 15 is 0 Å². The minimum atomic E-state index is -4.41. The third-order valence-corrected chi connectivity index (χ3v) is 7.05. The van der Waals surface area contributed by atoms with Crippen LogP contribution in [-0.4, -0.2) is 67.0 Å². The van der Waals surface area contributed by atoms with Crippen LogP contribution in [0.4, 0.5) is 13.2 Å². The second-order valence-corrected chi connectivity index (χ2v) is 9.80. The lowest BCUT2D eigenvalue weighted by Gasteiger charge is -2.46. The number of nitrogens with zero attached hydrogens (tertiary/aromatic N) is 3. The second kappa shape index (κ2) is 5.25. The van der Waals surface area contributed by atoms with Gasteiger partial charge in [-0.1, -0.05) is 0 Å². The number of fused-ring (bicyclic) bond motifs is 1. The Morgan fingerprint density at radius 2 is 1.96 bits per heavy atom. The number of sulfonamides is 1. The van der Waals surface area contributed by atoms with Crippen LogP contribution in [0.15, 0.2) is 28.0 Å². The van der Waals surface area contributed by atoms with Gasteiger partial charge in [-0.25, -0.2) is 8.42 Å². The largest absolute Gasteiger partial charge is 0.412 e. The summed E-state index contributed by atoms with van der Waals surface area (Å²) in [5.74, 6) is 0. The van der Waals surface area contributed by atoms with Crippen LogP contribution in [0.1, 0.15) is 26.2 Å². The molecule has 0 aromatic rings. The Kier molecular flexibility index (Phi) is 3.60. The van der Waals surface area contributed by atoms with Crippen molar-refractivity contribution < 1.29 is 21.6 Å². The van der Waals surface area contributed by atoms with Crippen LogP contribution >= 0.6 is 0 Å². The van der Waals surface area contributed by atoms with E-state index in [2.05, 4.69) is 10.5 Å². The number of hydrogen-bond acceptors (Lipinski definition) is 5. The van der Waals surface area contributed by atoms with E-state index in [9.17, 15) is 21.6 Å².